The van der Waals surface area contributed by atoms with Gasteiger partial charge in [-0.15, -0.1) is 11.8 Å². The van der Waals surface area contributed by atoms with E-state index in [0.29, 0.717) is 28.6 Å². The molecular formula is C35H30BrN3O7S2. The second kappa shape index (κ2) is 12.1. The second-order valence-electron chi connectivity index (χ2n) is 12.4. The van der Waals surface area contributed by atoms with Gasteiger partial charge in [0.25, 0.3) is 5.91 Å². The summed E-state index contributed by atoms with van der Waals surface area (Å²) >= 11 is 6.29. The number of thioether (sulfide) groups is 1. The lowest BCUT2D eigenvalue weighted by atomic mass is 9.68. The number of amides is 3. The first-order valence-electron chi connectivity index (χ1n) is 15.5. The molecule has 2 aliphatic carbocycles. The lowest BCUT2D eigenvalue weighted by molar-refractivity contribution is -0.123. The van der Waals surface area contributed by atoms with E-state index >= 15 is 0 Å². The monoisotopic (exact) mass is 747 g/mol. The van der Waals surface area contributed by atoms with Crippen molar-refractivity contribution < 1.29 is 28.6 Å². The molecule has 0 spiro atoms. The highest BCUT2D eigenvalue weighted by atomic mass is 79.9. The molecule has 3 amide bonds. The standard InChI is InChI=1S/C35H30BrN3O7S2/c1-44-20-10-6-18(7-11-20)37-25(40)15-46-23-12-3-16(13-24(23)45-2)26-27-21-14-22(30(27)47-32-31(26)48-35(43)38-32)29-28(21)33(41)39(34(29)42)19-8-4-17(36)5-9-19/h3-13,21-22,26-30H,14-15H2,1-2H3,(H,37,40)(H,38,43)/t21-,22-,26+,27-,28+,29+,30-/m1/s1. The second-order valence-corrected chi connectivity index (χ2v) is 15.5. The molecule has 2 aliphatic heterocycles. The number of aromatic amines is 1. The van der Waals surface area contributed by atoms with E-state index in [4.69, 9.17) is 14.2 Å². The van der Waals surface area contributed by atoms with Gasteiger partial charge in [-0.05, 0) is 90.4 Å². The number of H-pyrrole nitrogens is 1. The van der Waals surface area contributed by atoms with Gasteiger partial charge in [0.1, 0.15) is 5.75 Å². The number of benzene rings is 3. The zero-order valence-corrected chi connectivity index (χ0v) is 29.0. The van der Waals surface area contributed by atoms with Gasteiger partial charge in [-0.1, -0.05) is 33.3 Å². The molecule has 1 saturated heterocycles. The van der Waals surface area contributed by atoms with Crippen LogP contribution in [0.25, 0.3) is 0 Å². The Kier molecular flexibility index (Phi) is 7.88. The molecule has 0 unspecified atom stereocenters. The van der Waals surface area contributed by atoms with Gasteiger partial charge in [0.05, 0.1) is 36.8 Å². The molecule has 48 heavy (non-hydrogen) atoms. The van der Waals surface area contributed by atoms with Gasteiger partial charge in [0, 0.05) is 26.2 Å². The maximum atomic E-state index is 14.0. The van der Waals surface area contributed by atoms with Crippen LogP contribution in [0, 0.1) is 29.6 Å². The number of nitrogens with zero attached hydrogens (tertiary/aromatic N) is 1. The van der Waals surface area contributed by atoms with E-state index in [1.807, 2.05) is 24.3 Å². The average Bonchev–Trinajstić information content (AvgIpc) is 3.83. The Labute approximate surface area is 292 Å². The zero-order valence-electron chi connectivity index (χ0n) is 25.8. The van der Waals surface area contributed by atoms with Gasteiger partial charge in [-0.2, -0.15) is 0 Å². The number of methoxy groups -OCH3 is 2. The number of hydrogen-bond acceptors (Lipinski definition) is 9. The van der Waals surface area contributed by atoms with Crippen molar-refractivity contribution in [3.8, 4) is 17.2 Å². The van der Waals surface area contributed by atoms with Crippen molar-refractivity contribution in [2.75, 3.05) is 31.0 Å². The Morgan fingerprint density at radius 3 is 2.38 bits per heavy atom. The largest absolute Gasteiger partial charge is 0.497 e. The van der Waals surface area contributed by atoms with Crippen LogP contribution >= 0.6 is 39.0 Å². The molecular weight excluding hydrogens is 718 g/mol. The Bertz CT molecular complexity index is 2000. The quantitative estimate of drug-likeness (QED) is 0.213. The van der Waals surface area contributed by atoms with Crippen LogP contribution in [0.5, 0.6) is 17.2 Å². The number of carbonyl (C=O) groups is 3. The summed E-state index contributed by atoms with van der Waals surface area (Å²) in [5, 5.41) is 3.70. The van der Waals surface area contributed by atoms with Gasteiger partial charge >= 0.3 is 4.87 Å². The molecule has 4 aromatic rings. The average molecular weight is 749 g/mol. The molecule has 3 heterocycles. The molecule has 0 radical (unpaired) electrons. The van der Waals surface area contributed by atoms with Crippen LogP contribution < -0.4 is 29.3 Å². The molecule has 2 saturated carbocycles. The minimum absolute atomic E-state index is 0.0136. The summed E-state index contributed by atoms with van der Waals surface area (Å²) in [6.45, 7) is -0.228. The molecule has 4 aliphatic rings. The van der Waals surface area contributed by atoms with Crippen molar-refractivity contribution >= 4 is 68.1 Å². The molecule has 1 aromatic heterocycles. The van der Waals surface area contributed by atoms with Crippen molar-refractivity contribution in [2.24, 2.45) is 29.6 Å². The number of halogens is 1. The minimum Gasteiger partial charge on any atom is -0.497 e. The van der Waals surface area contributed by atoms with Gasteiger partial charge < -0.3 is 24.5 Å². The van der Waals surface area contributed by atoms with Crippen LogP contribution in [0.2, 0.25) is 0 Å². The topological polar surface area (TPSA) is 127 Å². The highest BCUT2D eigenvalue weighted by molar-refractivity contribution is 9.10. The molecule has 10 nitrogen and oxygen atoms in total. The first-order valence-corrected chi connectivity index (χ1v) is 18.0. The number of anilines is 2. The van der Waals surface area contributed by atoms with E-state index in [9.17, 15) is 19.2 Å². The molecule has 8 rings (SSSR count). The highest BCUT2D eigenvalue weighted by Crippen LogP contribution is 2.68. The van der Waals surface area contributed by atoms with Crippen molar-refractivity contribution in [1.82, 2.24) is 4.98 Å². The van der Waals surface area contributed by atoms with Gasteiger partial charge in [-0.3, -0.25) is 24.1 Å². The molecule has 13 heteroatoms. The van der Waals surface area contributed by atoms with Crippen molar-refractivity contribution in [1.29, 1.82) is 0 Å². The lowest BCUT2D eigenvalue weighted by Crippen LogP contribution is -2.42. The SMILES string of the molecule is COc1ccc(NC(=O)COc2ccc([C@@H]3c4sc(=O)[nH]c4S[C@@H]4[C@@H]5C[C@@H]([C@@H]6C(=O)N(c7ccc(Br)cc7)C(=O)[C@@H]56)[C@H]34)cc2OC)cc1. The smallest absolute Gasteiger partial charge is 0.305 e. The van der Waals surface area contributed by atoms with Crippen LogP contribution in [0.4, 0.5) is 11.4 Å². The summed E-state index contributed by atoms with van der Waals surface area (Å²) in [6.07, 6.45) is 0.792. The zero-order chi connectivity index (χ0) is 33.3. The molecule has 246 valence electrons. The Morgan fingerprint density at radius 1 is 0.938 bits per heavy atom. The number of hydrogen-bond donors (Lipinski definition) is 2. The van der Waals surface area contributed by atoms with Crippen LogP contribution in [0.1, 0.15) is 22.8 Å². The van der Waals surface area contributed by atoms with E-state index in [-0.39, 0.29) is 64.0 Å². The van der Waals surface area contributed by atoms with E-state index < -0.39 is 5.92 Å². The third-order valence-electron chi connectivity index (χ3n) is 10.1. The van der Waals surface area contributed by atoms with Gasteiger partial charge in [0.2, 0.25) is 11.8 Å². The first-order chi connectivity index (χ1) is 23.2. The van der Waals surface area contributed by atoms with Crippen molar-refractivity contribution in [2.45, 2.75) is 22.6 Å². The van der Waals surface area contributed by atoms with Crippen LogP contribution in [-0.2, 0) is 14.4 Å². The summed E-state index contributed by atoms with van der Waals surface area (Å²) < 4.78 is 17.7. The Hall–Kier alpha value is -4.07. The maximum absolute atomic E-state index is 14.0. The fraction of sp³-hybridized carbons (Fsp3) is 0.314. The molecule has 2 bridgehead atoms. The summed E-state index contributed by atoms with van der Waals surface area (Å²) in [5.74, 6) is 0.0333. The van der Waals surface area contributed by atoms with Crippen molar-refractivity contribution in [3.63, 3.8) is 0 Å². The fourth-order valence-corrected chi connectivity index (χ4v) is 11.4. The predicted octanol–water partition coefficient (Wildman–Crippen LogP) is 5.91. The number of fused-ring (bicyclic) bond motifs is 9. The van der Waals surface area contributed by atoms with Crippen LogP contribution in [0.3, 0.4) is 0 Å². The molecule has 7 atom stereocenters. The highest BCUT2D eigenvalue weighted by Gasteiger charge is 2.69. The van der Waals surface area contributed by atoms with E-state index in [1.54, 1.807) is 68.4 Å². The predicted molar refractivity (Wildman–Crippen MR) is 185 cm³/mol. The summed E-state index contributed by atoms with van der Waals surface area (Å²) in [4.78, 5) is 58.5. The number of thiazole rings is 1. The Balaban J connectivity index is 1.07. The van der Waals surface area contributed by atoms with Gasteiger partial charge in [-0.25, -0.2) is 0 Å². The van der Waals surface area contributed by atoms with E-state index in [2.05, 4.69) is 26.2 Å². The third kappa shape index (κ3) is 5.05. The molecule has 2 N–H and O–H groups in total. The summed E-state index contributed by atoms with van der Waals surface area (Å²) in [5.41, 5.74) is 2.14. The summed E-state index contributed by atoms with van der Waals surface area (Å²) in [7, 11) is 3.12. The van der Waals surface area contributed by atoms with Crippen LogP contribution in [-0.4, -0.2) is 48.8 Å². The minimum atomic E-state index is -0.401. The van der Waals surface area contributed by atoms with E-state index in [1.165, 1.54) is 16.2 Å². The number of rotatable bonds is 8. The number of carbonyl (C=O) groups excluding carboxylic acids is 3. The Morgan fingerprint density at radius 2 is 1.67 bits per heavy atom. The summed E-state index contributed by atoms with van der Waals surface area (Å²) in [6, 6.07) is 19.9. The lowest BCUT2D eigenvalue weighted by Gasteiger charge is -2.43. The number of imide groups is 1. The first kappa shape index (κ1) is 31.2. The fourth-order valence-electron chi connectivity index (χ4n) is 8.25. The number of nitrogens with one attached hydrogen (secondary N) is 2. The molecule has 3 fully saturated rings. The normalized spacial score (nSPS) is 26.6. The van der Waals surface area contributed by atoms with Gasteiger partial charge in [0.15, 0.2) is 18.1 Å². The number of aromatic nitrogens is 1. The third-order valence-corrected chi connectivity index (χ3v) is 13.2. The number of ether oxygens (including phenoxy) is 3. The van der Waals surface area contributed by atoms with Crippen LogP contribution in [0.15, 0.2) is 81.0 Å². The maximum Gasteiger partial charge on any atom is 0.305 e. The molecule has 3 aromatic carbocycles. The van der Waals surface area contributed by atoms with Crippen molar-refractivity contribution in [3.05, 3.63) is 91.3 Å². The van der Waals surface area contributed by atoms with E-state index in [0.717, 1.165) is 26.4 Å².